The number of benzene rings is 2. The summed E-state index contributed by atoms with van der Waals surface area (Å²) in [6, 6.07) is 12.0. The molecule has 0 fully saturated rings. The monoisotopic (exact) mass is 461 g/mol. The Morgan fingerprint density at radius 2 is 1.71 bits per heavy atom. The van der Waals surface area contributed by atoms with Gasteiger partial charge in [-0.2, -0.15) is 5.10 Å². The van der Waals surface area contributed by atoms with Crippen LogP contribution in [0.15, 0.2) is 47.6 Å². The Morgan fingerprint density at radius 1 is 0.968 bits per heavy atom. The number of anilines is 1. The first-order chi connectivity index (χ1) is 14.9. The van der Waals surface area contributed by atoms with Crippen molar-refractivity contribution in [2.45, 2.75) is 58.8 Å². The van der Waals surface area contributed by atoms with Crippen LogP contribution in [0.3, 0.4) is 0 Å². The molecule has 0 atom stereocenters. The molecule has 0 radical (unpaired) electrons. The van der Waals surface area contributed by atoms with Gasteiger partial charge in [0.25, 0.3) is 5.91 Å². The molecule has 2 aromatic rings. The summed E-state index contributed by atoms with van der Waals surface area (Å²) >= 11 is 12.0. The van der Waals surface area contributed by atoms with Gasteiger partial charge in [0.2, 0.25) is 5.91 Å². The maximum Gasteiger partial charge on any atom is 0.257 e. The molecular formula is C24H29Cl2N3O2. The predicted molar refractivity (Wildman–Crippen MR) is 129 cm³/mol. The highest BCUT2D eigenvalue weighted by molar-refractivity contribution is 6.37. The topological polar surface area (TPSA) is 70.6 Å². The Kier molecular flexibility index (Phi) is 10.5. The summed E-state index contributed by atoms with van der Waals surface area (Å²) in [5, 5.41) is 7.76. The lowest BCUT2D eigenvalue weighted by Crippen LogP contribution is -2.19. The number of halogens is 2. The zero-order valence-corrected chi connectivity index (χ0v) is 19.5. The Bertz CT molecular complexity index is 929. The molecule has 2 amide bonds. The van der Waals surface area contributed by atoms with Gasteiger partial charge in [0.1, 0.15) is 0 Å². The van der Waals surface area contributed by atoms with Gasteiger partial charge in [-0.15, -0.1) is 0 Å². The van der Waals surface area contributed by atoms with Crippen molar-refractivity contribution in [3.8, 4) is 0 Å². The average Bonchev–Trinajstić information content (AvgIpc) is 2.74. The third kappa shape index (κ3) is 8.72. The molecule has 0 heterocycles. The van der Waals surface area contributed by atoms with E-state index >= 15 is 0 Å². The number of hydrogen-bond donors (Lipinski definition) is 2. The van der Waals surface area contributed by atoms with Gasteiger partial charge in [0, 0.05) is 17.1 Å². The molecule has 2 rings (SSSR count). The summed E-state index contributed by atoms with van der Waals surface area (Å²) in [4.78, 5) is 24.5. The van der Waals surface area contributed by atoms with E-state index in [1.807, 2.05) is 19.1 Å². The zero-order valence-electron chi connectivity index (χ0n) is 18.0. The normalized spacial score (nSPS) is 11.3. The van der Waals surface area contributed by atoms with E-state index in [-0.39, 0.29) is 16.8 Å². The smallest absolute Gasteiger partial charge is 0.257 e. The molecule has 2 aromatic carbocycles. The molecular weight excluding hydrogens is 433 g/mol. The van der Waals surface area contributed by atoms with Crippen LogP contribution in [0, 0.1) is 0 Å². The van der Waals surface area contributed by atoms with Crippen molar-refractivity contribution < 1.29 is 9.59 Å². The van der Waals surface area contributed by atoms with E-state index in [0.717, 1.165) is 18.4 Å². The van der Waals surface area contributed by atoms with E-state index in [0.29, 0.717) is 28.4 Å². The number of hydrazone groups is 1. The maximum absolute atomic E-state index is 12.5. The van der Waals surface area contributed by atoms with Crippen molar-refractivity contribution in [1.82, 2.24) is 5.43 Å². The SMILES string of the molecule is CCCCCCCCC(=O)N/N=C(\C)c1cccc(NC(=O)c2ccc(Cl)cc2Cl)c1. The van der Waals surface area contributed by atoms with Gasteiger partial charge >= 0.3 is 0 Å². The Morgan fingerprint density at radius 3 is 2.45 bits per heavy atom. The Hall–Kier alpha value is -2.37. The van der Waals surface area contributed by atoms with Crippen LogP contribution >= 0.6 is 23.2 Å². The first-order valence-corrected chi connectivity index (χ1v) is 11.4. The number of nitrogens with one attached hydrogen (secondary N) is 2. The second-order valence-electron chi connectivity index (χ2n) is 7.41. The minimum atomic E-state index is -0.333. The molecule has 0 unspecified atom stereocenters. The lowest BCUT2D eigenvalue weighted by molar-refractivity contribution is -0.121. The first kappa shape index (κ1) is 24.9. The van der Waals surface area contributed by atoms with Crippen LogP contribution in [0.5, 0.6) is 0 Å². The minimum absolute atomic E-state index is 0.0864. The van der Waals surface area contributed by atoms with Crippen LogP contribution in [-0.4, -0.2) is 17.5 Å². The quantitative estimate of drug-likeness (QED) is 0.218. The summed E-state index contributed by atoms with van der Waals surface area (Å²) in [7, 11) is 0. The lowest BCUT2D eigenvalue weighted by atomic mass is 10.1. The first-order valence-electron chi connectivity index (χ1n) is 10.6. The largest absolute Gasteiger partial charge is 0.322 e. The molecule has 0 saturated heterocycles. The molecule has 0 bridgehead atoms. The van der Waals surface area contributed by atoms with Gasteiger partial charge in [0.15, 0.2) is 0 Å². The molecule has 2 N–H and O–H groups in total. The molecule has 0 spiro atoms. The molecule has 5 nitrogen and oxygen atoms in total. The molecule has 0 aliphatic heterocycles. The number of amides is 2. The van der Waals surface area contributed by atoms with Gasteiger partial charge in [-0.25, -0.2) is 5.43 Å². The summed E-state index contributed by atoms with van der Waals surface area (Å²) in [6.07, 6.45) is 7.28. The van der Waals surface area contributed by atoms with Crippen LogP contribution in [0.4, 0.5) is 5.69 Å². The van der Waals surface area contributed by atoms with Crippen LogP contribution in [0.25, 0.3) is 0 Å². The molecule has 7 heteroatoms. The average molecular weight is 462 g/mol. The fourth-order valence-corrected chi connectivity index (χ4v) is 3.52. The lowest BCUT2D eigenvalue weighted by Gasteiger charge is -2.09. The van der Waals surface area contributed by atoms with Crippen molar-refractivity contribution in [3.63, 3.8) is 0 Å². The number of carbonyl (C=O) groups is 2. The molecule has 166 valence electrons. The fourth-order valence-electron chi connectivity index (χ4n) is 3.03. The summed E-state index contributed by atoms with van der Waals surface area (Å²) in [5.74, 6) is -0.419. The van der Waals surface area contributed by atoms with Crippen molar-refractivity contribution in [2.24, 2.45) is 5.10 Å². The number of unbranched alkanes of at least 4 members (excludes halogenated alkanes) is 5. The van der Waals surface area contributed by atoms with Gasteiger partial charge in [-0.05, 0) is 49.2 Å². The minimum Gasteiger partial charge on any atom is -0.322 e. The van der Waals surface area contributed by atoms with Crippen molar-refractivity contribution in [3.05, 3.63) is 63.6 Å². The van der Waals surface area contributed by atoms with E-state index in [9.17, 15) is 9.59 Å². The maximum atomic E-state index is 12.5. The number of rotatable bonds is 11. The van der Waals surface area contributed by atoms with E-state index < -0.39 is 0 Å². The number of carbonyl (C=O) groups excluding carboxylic acids is 2. The van der Waals surface area contributed by atoms with Gasteiger partial charge in [-0.3, -0.25) is 9.59 Å². The van der Waals surface area contributed by atoms with E-state index in [1.165, 1.54) is 31.7 Å². The number of hydrogen-bond acceptors (Lipinski definition) is 3. The molecule has 0 aromatic heterocycles. The zero-order chi connectivity index (χ0) is 22.6. The van der Waals surface area contributed by atoms with E-state index in [1.54, 1.807) is 24.3 Å². The Balaban J connectivity index is 1.89. The van der Waals surface area contributed by atoms with Crippen LogP contribution in [0.2, 0.25) is 10.0 Å². The van der Waals surface area contributed by atoms with Gasteiger partial charge < -0.3 is 5.32 Å². The second-order valence-corrected chi connectivity index (χ2v) is 8.25. The van der Waals surface area contributed by atoms with Crippen molar-refractivity contribution in [2.75, 3.05) is 5.32 Å². The number of nitrogens with zero attached hydrogens (tertiary/aromatic N) is 1. The predicted octanol–water partition coefficient (Wildman–Crippen LogP) is 6.84. The highest BCUT2D eigenvalue weighted by Gasteiger charge is 2.11. The highest BCUT2D eigenvalue weighted by atomic mass is 35.5. The summed E-state index contributed by atoms with van der Waals surface area (Å²) in [6.45, 7) is 3.99. The van der Waals surface area contributed by atoms with Crippen molar-refractivity contribution >= 4 is 46.4 Å². The standard InChI is InChI=1S/C24H29Cl2N3O2/c1-3-4-5-6-7-8-12-23(30)29-28-17(2)18-10-9-11-20(15-18)27-24(31)21-14-13-19(25)16-22(21)26/h9-11,13-16H,3-8,12H2,1-2H3,(H,27,31)(H,29,30)/b28-17+. The van der Waals surface area contributed by atoms with E-state index in [4.69, 9.17) is 23.2 Å². The van der Waals surface area contributed by atoms with Crippen molar-refractivity contribution in [1.29, 1.82) is 0 Å². The second kappa shape index (κ2) is 13.1. The Labute approximate surface area is 194 Å². The molecule has 0 saturated carbocycles. The molecule has 0 aliphatic rings. The summed E-state index contributed by atoms with van der Waals surface area (Å²) < 4.78 is 0. The molecule has 0 aliphatic carbocycles. The van der Waals surface area contributed by atoms with Gasteiger partial charge in [-0.1, -0.05) is 74.4 Å². The van der Waals surface area contributed by atoms with Crippen LogP contribution in [0.1, 0.15) is 74.7 Å². The fraction of sp³-hybridized carbons (Fsp3) is 0.375. The summed E-state index contributed by atoms with van der Waals surface area (Å²) in [5.41, 5.74) is 4.99. The third-order valence-corrected chi connectivity index (χ3v) is 5.37. The highest BCUT2D eigenvalue weighted by Crippen LogP contribution is 2.22. The van der Waals surface area contributed by atoms with Gasteiger partial charge in [0.05, 0.1) is 16.3 Å². The van der Waals surface area contributed by atoms with Crippen LogP contribution < -0.4 is 10.7 Å². The van der Waals surface area contributed by atoms with E-state index in [2.05, 4.69) is 22.8 Å². The third-order valence-electron chi connectivity index (χ3n) is 4.82. The van der Waals surface area contributed by atoms with Crippen LogP contribution in [-0.2, 0) is 4.79 Å². The molecule has 31 heavy (non-hydrogen) atoms.